The van der Waals surface area contributed by atoms with Crippen LogP contribution in [0.15, 0.2) is 12.1 Å². The van der Waals surface area contributed by atoms with Gasteiger partial charge in [0.25, 0.3) is 0 Å². The van der Waals surface area contributed by atoms with Crippen molar-refractivity contribution in [3.05, 3.63) is 28.3 Å². The zero-order valence-corrected chi connectivity index (χ0v) is 10.6. The highest BCUT2D eigenvalue weighted by atomic mass is 35.5. The SMILES string of the molecule is COc1c(Cl)cc(C)cc1CCC1(N)CC1. The van der Waals surface area contributed by atoms with Crippen LogP contribution in [0.25, 0.3) is 0 Å². The monoisotopic (exact) mass is 239 g/mol. The molecule has 0 radical (unpaired) electrons. The van der Waals surface area contributed by atoms with Gasteiger partial charge in [-0.25, -0.2) is 0 Å². The summed E-state index contributed by atoms with van der Waals surface area (Å²) in [7, 11) is 1.66. The van der Waals surface area contributed by atoms with Crippen LogP contribution in [-0.2, 0) is 6.42 Å². The Morgan fingerprint density at radius 1 is 1.44 bits per heavy atom. The van der Waals surface area contributed by atoms with Gasteiger partial charge in [0.2, 0.25) is 0 Å². The summed E-state index contributed by atoms with van der Waals surface area (Å²) in [5.74, 6) is 0.802. The first-order chi connectivity index (χ1) is 7.54. The highest BCUT2D eigenvalue weighted by Crippen LogP contribution is 2.38. The molecule has 0 unspecified atom stereocenters. The number of methoxy groups -OCH3 is 1. The van der Waals surface area contributed by atoms with Crippen molar-refractivity contribution in [3.8, 4) is 5.75 Å². The van der Waals surface area contributed by atoms with Gasteiger partial charge in [0.1, 0.15) is 5.75 Å². The highest BCUT2D eigenvalue weighted by Gasteiger charge is 2.37. The number of benzene rings is 1. The molecule has 0 bridgehead atoms. The molecule has 1 aliphatic rings. The van der Waals surface area contributed by atoms with Gasteiger partial charge in [-0.05, 0) is 49.8 Å². The maximum atomic E-state index is 6.14. The Hall–Kier alpha value is -0.730. The maximum absolute atomic E-state index is 6.14. The predicted octanol–water partition coefficient (Wildman–Crippen LogP) is 3.08. The zero-order valence-electron chi connectivity index (χ0n) is 9.85. The summed E-state index contributed by atoms with van der Waals surface area (Å²) in [6.45, 7) is 2.05. The smallest absolute Gasteiger partial charge is 0.140 e. The van der Waals surface area contributed by atoms with Crippen LogP contribution in [0.4, 0.5) is 0 Å². The molecule has 0 saturated heterocycles. The zero-order chi connectivity index (χ0) is 11.8. The van der Waals surface area contributed by atoms with E-state index < -0.39 is 0 Å². The molecule has 1 aliphatic carbocycles. The van der Waals surface area contributed by atoms with Crippen LogP contribution in [0.3, 0.4) is 0 Å². The number of hydrogen-bond donors (Lipinski definition) is 1. The molecular formula is C13H18ClNO. The fraction of sp³-hybridized carbons (Fsp3) is 0.538. The number of halogens is 1. The van der Waals surface area contributed by atoms with Crippen molar-refractivity contribution in [1.82, 2.24) is 0 Å². The minimum Gasteiger partial charge on any atom is -0.495 e. The third-order valence-electron chi connectivity index (χ3n) is 3.25. The fourth-order valence-corrected chi connectivity index (χ4v) is 2.38. The van der Waals surface area contributed by atoms with Crippen LogP contribution in [0.2, 0.25) is 5.02 Å². The van der Waals surface area contributed by atoms with Gasteiger partial charge < -0.3 is 10.5 Å². The Morgan fingerprint density at radius 3 is 2.69 bits per heavy atom. The molecule has 1 aromatic carbocycles. The molecule has 0 aromatic heterocycles. The summed E-state index contributed by atoms with van der Waals surface area (Å²) in [4.78, 5) is 0. The molecule has 1 aromatic rings. The Balaban J connectivity index is 2.17. The summed E-state index contributed by atoms with van der Waals surface area (Å²) in [5, 5.41) is 0.694. The molecule has 0 heterocycles. The van der Waals surface area contributed by atoms with Gasteiger partial charge in [-0.15, -0.1) is 0 Å². The quantitative estimate of drug-likeness (QED) is 0.877. The summed E-state index contributed by atoms with van der Waals surface area (Å²) < 4.78 is 5.34. The van der Waals surface area contributed by atoms with Crippen LogP contribution in [0, 0.1) is 6.92 Å². The molecule has 0 aliphatic heterocycles. The lowest BCUT2D eigenvalue weighted by molar-refractivity contribution is 0.408. The van der Waals surface area contributed by atoms with Crippen molar-refractivity contribution < 1.29 is 4.74 Å². The Morgan fingerprint density at radius 2 is 2.12 bits per heavy atom. The Labute approximate surface area is 102 Å². The van der Waals surface area contributed by atoms with Gasteiger partial charge in [-0.3, -0.25) is 0 Å². The van der Waals surface area contributed by atoms with Crippen molar-refractivity contribution in [2.24, 2.45) is 5.73 Å². The molecule has 0 spiro atoms. The second-order valence-corrected chi connectivity index (χ2v) is 5.21. The van der Waals surface area contributed by atoms with E-state index in [9.17, 15) is 0 Å². The van der Waals surface area contributed by atoms with Crippen LogP contribution in [0.1, 0.15) is 30.4 Å². The average molecular weight is 240 g/mol. The first-order valence-electron chi connectivity index (χ1n) is 5.66. The van der Waals surface area contributed by atoms with E-state index in [-0.39, 0.29) is 5.54 Å². The van der Waals surface area contributed by atoms with Gasteiger partial charge in [0.15, 0.2) is 0 Å². The van der Waals surface area contributed by atoms with Gasteiger partial charge in [-0.1, -0.05) is 17.7 Å². The van der Waals surface area contributed by atoms with E-state index in [1.807, 2.05) is 13.0 Å². The van der Waals surface area contributed by atoms with Crippen LogP contribution in [0.5, 0.6) is 5.75 Å². The Bertz CT molecular complexity index is 399. The molecule has 88 valence electrons. The van der Waals surface area contributed by atoms with Crippen LogP contribution < -0.4 is 10.5 Å². The van der Waals surface area contributed by atoms with Gasteiger partial charge in [-0.2, -0.15) is 0 Å². The van der Waals surface area contributed by atoms with E-state index in [2.05, 4.69) is 6.07 Å². The molecule has 3 heteroatoms. The van der Waals surface area contributed by atoms with Crippen molar-refractivity contribution in [3.63, 3.8) is 0 Å². The van der Waals surface area contributed by atoms with Crippen molar-refractivity contribution in [2.75, 3.05) is 7.11 Å². The van der Waals surface area contributed by atoms with E-state index in [4.69, 9.17) is 22.1 Å². The lowest BCUT2D eigenvalue weighted by atomic mass is 10.0. The average Bonchev–Trinajstić information content (AvgIpc) is 2.94. The summed E-state index contributed by atoms with van der Waals surface area (Å²) in [6.07, 6.45) is 4.26. The molecule has 1 fully saturated rings. The minimum atomic E-state index is 0.0846. The van der Waals surface area contributed by atoms with Gasteiger partial charge >= 0.3 is 0 Å². The number of hydrogen-bond acceptors (Lipinski definition) is 2. The number of aryl methyl sites for hydroxylation is 2. The topological polar surface area (TPSA) is 35.2 Å². The van der Waals surface area contributed by atoms with Crippen molar-refractivity contribution >= 4 is 11.6 Å². The largest absolute Gasteiger partial charge is 0.495 e. The molecule has 0 amide bonds. The molecule has 2 N–H and O–H groups in total. The predicted molar refractivity (Wildman–Crippen MR) is 67.2 cm³/mol. The summed E-state index contributed by atoms with van der Waals surface area (Å²) >= 11 is 6.14. The number of nitrogens with two attached hydrogens (primary N) is 1. The van der Waals surface area contributed by atoms with Gasteiger partial charge in [0, 0.05) is 5.54 Å². The van der Waals surface area contributed by atoms with E-state index in [0.717, 1.165) is 31.4 Å². The first-order valence-corrected chi connectivity index (χ1v) is 6.04. The van der Waals surface area contributed by atoms with Gasteiger partial charge in [0.05, 0.1) is 12.1 Å². The molecule has 0 atom stereocenters. The van der Waals surface area contributed by atoms with Crippen molar-refractivity contribution in [1.29, 1.82) is 0 Å². The van der Waals surface area contributed by atoms with E-state index >= 15 is 0 Å². The molecule has 1 saturated carbocycles. The van der Waals surface area contributed by atoms with E-state index in [1.54, 1.807) is 7.11 Å². The maximum Gasteiger partial charge on any atom is 0.140 e. The third-order valence-corrected chi connectivity index (χ3v) is 3.53. The molecular weight excluding hydrogens is 222 g/mol. The second kappa shape index (κ2) is 4.27. The third kappa shape index (κ3) is 2.50. The minimum absolute atomic E-state index is 0.0846. The van der Waals surface area contributed by atoms with Crippen LogP contribution in [-0.4, -0.2) is 12.6 Å². The lowest BCUT2D eigenvalue weighted by Gasteiger charge is -2.13. The lowest BCUT2D eigenvalue weighted by Crippen LogP contribution is -2.22. The van der Waals surface area contributed by atoms with E-state index in [0.29, 0.717) is 5.02 Å². The van der Waals surface area contributed by atoms with E-state index in [1.165, 1.54) is 11.1 Å². The van der Waals surface area contributed by atoms with Crippen molar-refractivity contribution in [2.45, 2.75) is 38.1 Å². The number of ether oxygens (including phenoxy) is 1. The normalized spacial score (nSPS) is 17.2. The standard InChI is InChI=1S/C13H18ClNO/c1-9-7-10(3-4-13(15)5-6-13)12(16-2)11(14)8-9/h7-8H,3-6,15H2,1-2H3. The highest BCUT2D eigenvalue weighted by molar-refractivity contribution is 6.32. The summed E-state index contributed by atoms with van der Waals surface area (Å²) in [6, 6.07) is 4.07. The Kier molecular flexibility index (Phi) is 3.13. The molecule has 16 heavy (non-hydrogen) atoms. The molecule has 2 rings (SSSR count). The second-order valence-electron chi connectivity index (χ2n) is 4.80. The first kappa shape index (κ1) is 11.7. The fourth-order valence-electron chi connectivity index (χ4n) is 2.01. The number of rotatable bonds is 4. The van der Waals surface area contributed by atoms with Crippen LogP contribution >= 0.6 is 11.6 Å². The summed E-state index contributed by atoms with van der Waals surface area (Å²) in [5.41, 5.74) is 8.51. The molecule has 2 nitrogen and oxygen atoms in total.